The van der Waals surface area contributed by atoms with Crippen molar-refractivity contribution in [1.82, 2.24) is 0 Å². The number of nitrogens with zero attached hydrogens (tertiary/aromatic N) is 1. The molecule has 3 aromatic rings. The second-order valence-corrected chi connectivity index (χ2v) is 10.5. The predicted molar refractivity (Wildman–Crippen MR) is 133 cm³/mol. The molecule has 3 rings (SSSR count). The van der Waals surface area contributed by atoms with Crippen molar-refractivity contribution >= 4 is 53.4 Å². The number of halogens is 2. The largest absolute Gasteiger partial charge is 0.506 e. The number of hydrogen-bond donors (Lipinski definition) is 2. The first-order valence-corrected chi connectivity index (χ1v) is 12.6. The van der Waals surface area contributed by atoms with Gasteiger partial charge in [0.05, 0.1) is 15.1 Å². The summed E-state index contributed by atoms with van der Waals surface area (Å²) in [4.78, 5) is 0.107. The molecular formula is C23H22Br2N2O3S. The first-order chi connectivity index (χ1) is 14.6. The summed E-state index contributed by atoms with van der Waals surface area (Å²) in [5, 5.41) is 13.8. The number of sulfonamides is 1. The van der Waals surface area contributed by atoms with E-state index in [9.17, 15) is 13.5 Å². The molecule has 0 bridgehead atoms. The fraction of sp³-hybridized carbons (Fsp3) is 0.174. The van der Waals surface area contributed by atoms with Crippen LogP contribution in [0.3, 0.4) is 0 Å². The number of benzene rings is 3. The highest BCUT2D eigenvalue weighted by molar-refractivity contribution is 9.11. The van der Waals surface area contributed by atoms with E-state index in [2.05, 4.69) is 41.6 Å². The van der Waals surface area contributed by atoms with Crippen LogP contribution in [0, 0.1) is 6.92 Å². The van der Waals surface area contributed by atoms with Gasteiger partial charge in [-0.3, -0.25) is 0 Å². The maximum Gasteiger partial charge on any atom is 0.284 e. The lowest BCUT2D eigenvalue weighted by molar-refractivity contribution is 0.460. The third kappa shape index (κ3) is 5.02. The molecule has 0 spiro atoms. The molecule has 0 radical (unpaired) electrons. The molecule has 2 N–H and O–H groups in total. The van der Waals surface area contributed by atoms with E-state index >= 15 is 0 Å². The van der Waals surface area contributed by atoms with E-state index in [1.54, 1.807) is 30.3 Å². The van der Waals surface area contributed by atoms with Crippen LogP contribution in [0.25, 0.3) is 0 Å². The van der Waals surface area contributed by atoms with Crippen LogP contribution in [0.4, 0.5) is 5.69 Å². The van der Waals surface area contributed by atoms with Gasteiger partial charge in [0, 0.05) is 15.6 Å². The first kappa shape index (κ1) is 23.5. The van der Waals surface area contributed by atoms with Gasteiger partial charge in [-0.15, -0.1) is 4.40 Å². The summed E-state index contributed by atoms with van der Waals surface area (Å²) < 4.78 is 31.3. The van der Waals surface area contributed by atoms with Gasteiger partial charge in [0.2, 0.25) is 0 Å². The smallest absolute Gasteiger partial charge is 0.284 e. The van der Waals surface area contributed by atoms with Crippen molar-refractivity contribution in [1.29, 1.82) is 0 Å². The molecule has 0 fully saturated rings. The van der Waals surface area contributed by atoms with Crippen LogP contribution in [-0.4, -0.2) is 19.4 Å². The number of amidine groups is 1. The molecule has 31 heavy (non-hydrogen) atoms. The van der Waals surface area contributed by atoms with Gasteiger partial charge in [-0.2, -0.15) is 8.42 Å². The second-order valence-electron chi connectivity index (χ2n) is 7.26. The summed E-state index contributed by atoms with van der Waals surface area (Å²) in [6.07, 6.45) is 0. The van der Waals surface area contributed by atoms with E-state index < -0.39 is 10.0 Å². The van der Waals surface area contributed by atoms with Crippen LogP contribution < -0.4 is 5.32 Å². The van der Waals surface area contributed by atoms with Crippen LogP contribution in [0.1, 0.15) is 36.5 Å². The number of phenolic OH excluding ortho intramolecular Hbond substituents is 1. The molecule has 0 atom stereocenters. The Labute approximate surface area is 199 Å². The normalized spacial score (nSPS) is 12.3. The maximum atomic E-state index is 13.0. The zero-order valence-corrected chi connectivity index (χ0v) is 21.2. The van der Waals surface area contributed by atoms with Gasteiger partial charge in [-0.05, 0) is 62.4 Å². The van der Waals surface area contributed by atoms with E-state index in [-0.39, 0.29) is 22.4 Å². The zero-order valence-electron chi connectivity index (χ0n) is 17.2. The fourth-order valence-corrected chi connectivity index (χ4v) is 5.56. The molecule has 0 aliphatic heterocycles. The highest BCUT2D eigenvalue weighted by Gasteiger charge is 2.23. The lowest BCUT2D eigenvalue weighted by atomic mass is 9.99. The molecule has 3 aromatic carbocycles. The van der Waals surface area contributed by atoms with E-state index in [1.165, 1.54) is 12.1 Å². The number of hydrogen-bond acceptors (Lipinski definition) is 3. The summed E-state index contributed by atoms with van der Waals surface area (Å²) in [5.74, 6) is 0.359. The van der Waals surface area contributed by atoms with Crippen LogP contribution in [0.5, 0.6) is 5.75 Å². The standard InChI is InChI=1S/C23H22Br2N2O3S/c1-14(2)18-20(25)21(15(3)19(24)22(18)28)26-23(16-10-6-4-7-11-16)27-31(29,30)17-12-8-5-9-13-17/h4-14,28H,1-3H3,(H,26,27). The third-order valence-electron chi connectivity index (χ3n) is 4.74. The number of rotatable bonds is 5. The van der Waals surface area contributed by atoms with Crippen molar-refractivity contribution in [2.24, 2.45) is 4.40 Å². The van der Waals surface area contributed by atoms with Crippen molar-refractivity contribution in [2.45, 2.75) is 31.6 Å². The van der Waals surface area contributed by atoms with Crippen molar-refractivity contribution in [3.8, 4) is 5.75 Å². The summed E-state index contributed by atoms with van der Waals surface area (Å²) >= 11 is 7.05. The van der Waals surface area contributed by atoms with Crippen LogP contribution in [-0.2, 0) is 10.0 Å². The van der Waals surface area contributed by atoms with Crippen molar-refractivity contribution < 1.29 is 13.5 Å². The lowest BCUT2D eigenvalue weighted by Gasteiger charge is -2.21. The van der Waals surface area contributed by atoms with Crippen LogP contribution in [0.15, 0.2) is 78.9 Å². The topological polar surface area (TPSA) is 78.8 Å². The van der Waals surface area contributed by atoms with Gasteiger partial charge in [-0.1, -0.05) is 62.4 Å². The van der Waals surface area contributed by atoms with E-state index in [1.807, 2.05) is 39.0 Å². The maximum absolute atomic E-state index is 13.0. The minimum atomic E-state index is -3.95. The van der Waals surface area contributed by atoms with Crippen molar-refractivity contribution in [3.05, 3.63) is 86.3 Å². The van der Waals surface area contributed by atoms with Gasteiger partial charge in [0.25, 0.3) is 10.0 Å². The highest BCUT2D eigenvalue weighted by atomic mass is 79.9. The van der Waals surface area contributed by atoms with Gasteiger partial charge in [0.1, 0.15) is 5.75 Å². The average Bonchev–Trinajstić information content (AvgIpc) is 2.75. The van der Waals surface area contributed by atoms with Gasteiger partial charge >= 0.3 is 0 Å². The molecule has 0 unspecified atom stereocenters. The second kappa shape index (κ2) is 9.54. The average molecular weight is 566 g/mol. The Morgan fingerprint density at radius 2 is 1.52 bits per heavy atom. The molecule has 0 heterocycles. The van der Waals surface area contributed by atoms with Gasteiger partial charge < -0.3 is 10.4 Å². The Hall–Kier alpha value is -2.16. The molecule has 0 aliphatic rings. The first-order valence-electron chi connectivity index (χ1n) is 9.56. The Balaban J connectivity index is 2.21. The Kier molecular flexibility index (Phi) is 7.24. The van der Waals surface area contributed by atoms with Gasteiger partial charge in [0.15, 0.2) is 5.84 Å². The zero-order chi connectivity index (χ0) is 22.8. The molecule has 0 amide bonds. The summed E-state index contributed by atoms with van der Waals surface area (Å²) in [7, 11) is -3.95. The number of anilines is 1. The third-order valence-corrected chi connectivity index (χ3v) is 7.83. The molecular weight excluding hydrogens is 544 g/mol. The van der Waals surface area contributed by atoms with E-state index in [0.29, 0.717) is 25.8 Å². The predicted octanol–water partition coefficient (Wildman–Crippen LogP) is 6.60. The quantitative estimate of drug-likeness (QED) is 0.207. The van der Waals surface area contributed by atoms with Crippen molar-refractivity contribution in [3.63, 3.8) is 0 Å². The SMILES string of the molecule is Cc1c(Br)c(O)c(C(C)C)c(Br)c1NC(=NS(=O)(=O)c1ccccc1)c1ccccc1. The number of phenols is 1. The molecule has 0 aromatic heterocycles. The summed E-state index contributed by atoms with van der Waals surface area (Å²) in [5.41, 5.74) is 2.66. The lowest BCUT2D eigenvalue weighted by Crippen LogP contribution is -2.18. The van der Waals surface area contributed by atoms with Gasteiger partial charge in [-0.25, -0.2) is 0 Å². The van der Waals surface area contributed by atoms with Crippen LogP contribution >= 0.6 is 31.9 Å². The molecule has 0 saturated carbocycles. The monoisotopic (exact) mass is 564 g/mol. The van der Waals surface area contributed by atoms with E-state index in [0.717, 1.165) is 5.56 Å². The molecule has 8 heteroatoms. The number of nitrogens with one attached hydrogen (secondary N) is 1. The van der Waals surface area contributed by atoms with Crippen molar-refractivity contribution in [2.75, 3.05) is 5.32 Å². The Bertz CT molecular complexity index is 1230. The Morgan fingerprint density at radius 3 is 2.06 bits per heavy atom. The highest BCUT2D eigenvalue weighted by Crippen LogP contribution is 2.46. The summed E-state index contributed by atoms with van der Waals surface area (Å²) in [6, 6.07) is 17.1. The molecule has 162 valence electrons. The van der Waals surface area contributed by atoms with Crippen LogP contribution in [0.2, 0.25) is 0 Å². The molecule has 0 saturated heterocycles. The fourth-order valence-electron chi connectivity index (χ4n) is 3.11. The summed E-state index contributed by atoms with van der Waals surface area (Å²) in [6.45, 7) is 5.77. The minimum Gasteiger partial charge on any atom is -0.506 e. The Morgan fingerprint density at radius 1 is 0.968 bits per heavy atom. The molecule has 5 nitrogen and oxygen atoms in total. The molecule has 0 aliphatic carbocycles. The number of aromatic hydroxyl groups is 1. The minimum absolute atomic E-state index is 0.0250. The van der Waals surface area contributed by atoms with E-state index in [4.69, 9.17) is 0 Å².